The van der Waals surface area contributed by atoms with Crippen LogP contribution in [-0.4, -0.2) is 60.5 Å². The van der Waals surface area contributed by atoms with E-state index in [-0.39, 0.29) is 13.0 Å². The standard InChI is InChI=1S/C44H72NO9P/c1-3-5-7-9-11-13-15-17-19-20-21-23-25-27-29-31-33-35-37-51-38-41(39-52-55(49,50)53-40-42(45)44(47)48)54-43(46)36-34-32-30-28-26-24-22-18-16-14-12-10-8-6-4-2/h5-8,11-14,17-19,21-23,26,28,41-42H,3-4,9-10,15-16,20,24-25,27,29-40,45H2,1-2H3,(H,47,48)(H,49,50)/b7-5-,8-6-,13-11-,14-12-,19-17-,22-18-,23-21-,28-26-. The molecule has 0 aromatic carbocycles. The molecule has 55 heavy (non-hydrogen) atoms. The molecule has 0 aromatic rings. The predicted molar refractivity (Wildman–Crippen MR) is 226 cm³/mol. The van der Waals surface area contributed by atoms with E-state index < -0.39 is 45.1 Å². The third-order valence-corrected chi connectivity index (χ3v) is 8.81. The van der Waals surface area contributed by atoms with Crippen molar-refractivity contribution in [2.24, 2.45) is 5.73 Å². The second-order valence-electron chi connectivity index (χ2n) is 13.0. The van der Waals surface area contributed by atoms with Crippen LogP contribution >= 0.6 is 7.82 Å². The van der Waals surface area contributed by atoms with Crippen LogP contribution in [-0.2, 0) is 32.7 Å². The Labute approximate surface area is 332 Å². The van der Waals surface area contributed by atoms with E-state index in [1.165, 1.54) is 0 Å². The largest absolute Gasteiger partial charge is 0.480 e. The normalized spacial score (nSPS) is 15.0. The first-order chi connectivity index (χ1) is 26.7. The highest BCUT2D eigenvalue weighted by atomic mass is 31.2. The Bertz CT molecular complexity index is 1240. The summed E-state index contributed by atoms with van der Waals surface area (Å²) >= 11 is 0. The van der Waals surface area contributed by atoms with Crippen LogP contribution in [0.1, 0.15) is 129 Å². The first-order valence-corrected chi connectivity index (χ1v) is 21.8. The number of hydrogen-bond donors (Lipinski definition) is 3. The van der Waals surface area contributed by atoms with Gasteiger partial charge in [0.05, 0.1) is 19.8 Å². The number of carboxylic acid groups (broad SMARTS) is 1. The number of carbonyl (C=O) groups excluding carboxylic acids is 1. The molecule has 11 heteroatoms. The van der Waals surface area contributed by atoms with Gasteiger partial charge in [-0.3, -0.25) is 18.6 Å². The van der Waals surface area contributed by atoms with Crippen LogP contribution in [0.3, 0.4) is 0 Å². The fourth-order valence-electron chi connectivity index (χ4n) is 4.76. The molecule has 10 nitrogen and oxygen atoms in total. The molecule has 312 valence electrons. The summed E-state index contributed by atoms with van der Waals surface area (Å²) in [6.07, 6.45) is 50.4. The van der Waals surface area contributed by atoms with Gasteiger partial charge in [-0.25, -0.2) is 4.57 Å². The van der Waals surface area contributed by atoms with E-state index in [1.807, 2.05) is 0 Å². The smallest absolute Gasteiger partial charge is 0.472 e. The Morgan fingerprint density at radius 1 is 0.582 bits per heavy atom. The molecule has 0 aliphatic carbocycles. The zero-order chi connectivity index (χ0) is 40.5. The zero-order valence-electron chi connectivity index (χ0n) is 33.7. The van der Waals surface area contributed by atoms with Gasteiger partial charge in [-0.15, -0.1) is 0 Å². The van der Waals surface area contributed by atoms with Crippen LogP contribution in [0.4, 0.5) is 0 Å². The molecule has 3 unspecified atom stereocenters. The minimum absolute atomic E-state index is 0.0197. The van der Waals surface area contributed by atoms with Gasteiger partial charge >= 0.3 is 19.8 Å². The lowest BCUT2D eigenvalue weighted by molar-refractivity contribution is -0.154. The third-order valence-electron chi connectivity index (χ3n) is 7.86. The van der Waals surface area contributed by atoms with Crippen LogP contribution < -0.4 is 5.73 Å². The molecule has 0 bridgehead atoms. The van der Waals surface area contributed by atoms with Crippen molar-refractivity contribution >= 4 is 19.8 Å². The first-order valence-electron chi connectivity index (χ1n) is 20.3. The Kier molecular flexibility index (Phi) is 36.9. The molecule has 0 amide bonds. The second-order valence-corrected chi connectivity index (χ2v) is 14.4. The lowest BCUT2D eigenvalue weighted by Gasteiger charge is -2.20. The van der Waals surface area contributed by atoms with E-state index in [0.717, 1.165) is 103 Å². The van der Waals surface area contributed by atoms with Gasteiger partial charge < -0.3 is 25.2 Å². The molecule has 0 aliphatic heterocycles. The maximum absolute atomic E-state index is 12.6. The molecular weight excluding hydrogens is 717 g/mol. The molecule has 0 radical (unpaired) electrons. The monoisotopic (exact) mass is 789 g/mol. The molecular formula is C44H72NO9P. The summed E-state index contributed by atoms with van der Waals surface area (Å²) in [4.78, 5) is 33.5. The van der Waals surface area contributed by atoms with E-state index in [1.54, 1.807) is 0 Å². The Balaban J connectivity index is 4.41. The maximum Gasteiger partial charge on any atom is 0.472 e. The zero-order valence-corrected chi connectivity index (χ0v) is 34.6. The molecule has 0 heterocycles. The van der Waals surface area contributed by atoms with E-state index in [9.17, 15) is 19.0 Å². The Morgan fingerprint density at radius 2 is 1.00 bits per heavy atom. The topological polar surface area (TPSA) is 155 Å². The highest BCUT2D eigenvalue weighted by molar-refractivity contribution is 7.47. The van der Waals surface area contributed by atoms with Crippen LogP contribution in [0.5, 0.6) is 0 Å². The molecule has 4 N–H and O–H groups in total. The summed E-state index contributed by atoms with van der Waals surface area (Å²) in [5.74, 6) is -1.84. The second kappa shape index (κ2) is 39.1. The number of phosphoric ester groups is 1. The van der Waals surface area contributed by atoms with Crippen molar-refractivity contribution in [3.05, 3.63) is 97.2 Å². The van der Waals surface area contributed by atoms with Gasteiger partial charge in [0.2, 0.25) is 0 Å². The molecule has 0 fully saturated rings. The Hall–Kier alpha value is -3.11. The quantitative estimate of drug-likeness (QED) is 0.0240. The summed E-state index contributed by atoms with van der Waals surface area (Å²) in [5.41, 5.74) is 5.34. The number of phosphoric acid groups is 1. The van der Waals surface area contributed by atoms with Crippen molar-refractivity contribution in [3.63, 3.8) is 0 Å². The number of esters is 1. The fraction of sp³-hybridized carbons (Fsp3) is 0.591. The van der Waals surface area contributed by atoms with E-state index in [2.05, 4.69) is 111 Å². The maximum atomic E-state index is 12.6. The number of aliphatic carboxylic acids is 1. The van der Waals surface area contributed by atoms with Gasteiger partial charge in [0, 0.05) is 13.0 Å². The van der Waals surface area contributed by atoms with Crippen LogP contribution in [0.2, 0.25) is 0 Å². The summed E-state index contributed by atoms with van der Waals surface area (Å²) < 4.78 is 33.2. The van der Waals surface area contributed by atoms with E-state index >= 15 is 0 Å². The Morgan fingerprint density at radius 3 is 1.49 bits per heavy atom. The highest BCUT2D eigenvalue weighted by Crippen LogP contribution is 2.43. The summed E-state index contributed by atoms with van der Waals surface area (Å²) in [6.45, 7) is 3.52. The highest BCUT2D eigenvalue weighted by Gasteiger charge is 2.27. The number of ether oxygens (including phenoxy) is 2. The number of carboxylic acids is 1. The number of carbonyl (C=O) groups is 2. The van der Waals surface area contributed by atoms with Gasteiger partial charge in [-0.2, -0.15) is 0 Å². The third kappa shape index (κ3) is 38.9. The average Bonchev–Trinajstić information content (AvgIpc) is 3.16. The SMILES string of the molecule is CC/C=C\C/C=C\C/C=C\C/C=C\CCCCCCCOCC(COP(=O)(O)OCC(N)C(=O)O)OC(=O)CCCC/C=C\C/C=C\C/C=C\C/C=C\CC. The molecule has 0 aliphatic rings. The lowest BCUT2D eigenvalue weighted by Crippen LogP contribution is -2.34. The van der Waals surface area contributed by atoms with Crippen LogP contribution in [0.25, 0.3) is 0 Å². The van der Waals surface area contributed by atoms with Crippen LogP contribution in [0.15, 0.2) is 97.2 Å². The number of nitrogens with two attached hydrogens (primary N) is 1. The summed E-state index contributed by atoms with van der Waals surface area (Å²) in [7, 11) is -4.64. The fourth-order valence-corrected chi connectivity index (χ4v) is 5.54. The number of allylic oxidation sites excluding steroid dienone is 16. The van der Waals surface area contributed by atoms with Gasteiger partial charge in [-0.1, -0.05) is 130 Å². The van der Waals surface area contributed by atoms with Crippen molar-refractivity contribution in [1.82, 2.24) is 0 Å². The van der Waals surface area contributed by atoms with Gasteiger partial charge in [0.1, 0.15) is 12.1 Å². The minimum atomic E-state index is -4.64. The molecule has 0 spiro atoms. The molecule has 0 saturated heterocycles. The van der Waals surface area contributed by atoms with Gasteiger partial charge in [-0.05, 0) is 89.9 Å². The van der Waals surface area contributed by atoms with Gasteiger partial charge in [0.15, 0.2) is 0 Å². The molecule has 0 aromatic heterocycles. The average molecular weight is 790 g/mol. The van der Waals surface area contributed by atoms with Crippen LogP contribution in [0, 0.1) is 0 Å². The van der Waals surface area contributed by atoms with Crippen molar-refractivity contribution in [2.45, 2.75) is 142 Å². The van der Waals surface area contributed by atoms with Crippen molar-refractivity contribution in [2.75, 3.05) is 26.4 Å². The number of unbranched alkanes of at least 4 members (excludes halogenated alkanes) is 7. The minimum Gasteiger partial charge on any atom is -0.480 e. The van der Waals surface area contributed by atoms with Crippen molar-refractivity contribution in [1.29, 1.82) is 0 Å². The predicted octanol–water partition coefficient (Wildman–Crippen LogP) is 11.0. The number of hydrogen-bond acceptors (Lipinski definition) is 8. The summed E-state index contributed by atoms with van der Waals surface area (Å²) in [5, 5.41) is 8.88. The van der Waals surface area contributed by atoms with Crippen molar-refractivity contribution < 1.29 is 42.7 Å². The van der Waals surface area contributed by atoms with Crippen molar-refractivity contribution in [3.8, 4) is 0 Å². The van der Waals surface area contributed by atoms with Gasteiger partial charge in [0.25, 0.3) is 0 Å². The number of rotatable bonds is 37. The lowest BCUT2D eigenvalue weighted by atomic mass is 10.1. The molecule has 0 saturated carbocycles. The molecule has 0 rings (SSSR count). The first kappa shape index (κ1) is 51.9. The molecule has 3 atom stereocenters. The van der Waals surface area contributed by atoms with E-state index in [4.69, 9.17) is 29.4 Å². The summed E-state index contributed by atoms with van der Waals surface area (Å²) in [6, 6.07) is -1.49. The van der Waals surface area contributed by atoms with E-state index in [0.29, 0.717) is 13.0 Å².